The summed E-state index contributed by atoms with van der Waals surface area (Å²) < 4.78 is 10.9. The van der Waals surface area contributed by atoms with Gasteiger partial charge in [-0.05, 0) is 43.9 Å². The maximum absolute atomic E-state index is 12.6. The van der Waals surface area contributed by atoms with Crippen molar-refractivity contribution in [2.24, 2.45) is 5.73 Å². The number of nitrogens with two attached hydrogens (primary N) is 1. The summed E-state index contributed by atoms with van der Waals surface area (Å²) in [5.41, 5.74) is 6.67. The number of aryl methyl sites for hydroxylation is 2. The monoisotopic (exact) mass is 334 g/mol. The molecular formula is C18H26N2O4. The molecule has 6 heteroatoms. The molecule has 0 aromatic heterocycles. The number of amides is 2. The fourth-order valence-electron chi connectivity index (χ4n) is 3.20. The lowest BCUT2D eigenvalue weighted by Crippen LogP contribution is -2.58. The van der Waals surface area contributed by atoms with Crippen molar-refractivity contribution in [3.8, 4) is 5.75 Å². The molecule has 1 heterocycles. The third-order valence-corrected chi connectivity index (χ3v) is 4.55. The Labute approximate surface area is 142 Å². The van der Waals surface area contributed by atoms with E-state index in [1.54, 1.807) is 4.90 Å². The molecule has 1 unspecified atom stereocenters. The highest BCUT2D eigenvalue weighted by Gasteiger charge is 2.48. The van der Waals surface area contributed by atoms with Crippen LogP contribution in [0.1, 0.15) is 30.4 Å². The molecule has 1 aromatic rings. The first kappa shape index (κ1) is 18.3. The summed E-state index contributed by atoms with van der Waals surface area (Å²) in [6.45, 7) is 4.88. The van der Waals surface area contributed by atoms with E-state index in [9.17, 15) is 9.59 Å². The highest BCUT2D eigenvalue weighted by molar-refractivity contribution is 5.91. The van der Waals surface area contributed by atoms with Gasteiger partial charge in [-0.3, -0.25) is 9.59 Å². The Bertz CT molecular complexity index is 617. The predicted octanol–water partition coefficient (Wildman–Crippen LogP) is 1.57. The van der Waals surface area contributed by atoms with E-state index < -0.39 is 11.4 Å². The van der Waals surface area contributed by atoms with Gasteiger partial charge in [0.15, 0.2) is 0 Å². The first-order valence-corrected chi connectivity index (χ1v) is 8.20. The number of ether oxygens (including phenoxy) is 2. The SMILES string of the molecule is COCC1(C(N)=O)CCCN1C(=O)CCOc1cc(C)ccc1C. The van der Waals surface area contributed by atoms with Gasteiger partial charge in [0.25, 0.3) is 0 Å². The Morgan fingerprint density at radius 2 is 2.08 bits per heavy atom. The number of methoxy groups -OCH3 is 1. The van der Waals surface area contributed by atoms with Gasteiger partial charge in [0.1, 0.15) is 11.3 Å². The van der Waals surface area contributed by atoms with Crippen LogP contribution in [0.25, 0.3) is 0 Å². The van der Waals surface area contributed by atoms with Crippen molar-refractivity contribution in [2.75, 3.05) is 26.9 Å². The average molecular weight is 334 g/mol. The zero-order chi connectivity index (χ0) is 17.7. The highest BCUT2D eigenvalue weighted by Crippen LogP contribution is 2.30. The Balaban J connectivity index is 1.98. The fourth-order valence-corrected chi connectivity index (χ4v) is 3.20. The van der Waals surface area contributed by atoms with Crippen LogP contribution in [0, 0.1) is 13.8 Å². The minimum Gasteiger partial charge on any atom is -0.493 e. The summed E-state index contributed by atoms with van der Waals surface area (Å²) in [7, 11) is 1.51. The van der Waals surface area contributed by atoms with Crippen LogP contribution >= 0.6 is 0 Å². The lowest BCUT2D eigenvalue weighted by molar-refractivity contribution is -0.147. The van der Waals surface area contributed by atoms with Crippen LogP contribution in [-0.4, -0.2) is 49.1 Å². The highest BCUT2D eigenvalue weighted by atomic mass is 16.5. The van der Waals surface area contributed by atoms with Crippen LogP contribution in [-0.2, 0) is 14.3 Å². The number of hydrogen-bond acceptors (Lipinski definition) is 4. The second kappa shape index (κ2) is 7.66. The van der Waals surface area contributed by atoms with Gasteiger partial charge in [0.2, 0.25) is 11.8 Å². The lowest BCUT2D eigenvalue weighted by Gasteiger charge is -2.35. The van der Waals surface area contributed by atoms with Crippen LogP contribution in [0.5, 0.6) is 5.75 Å². The van der Waals surface area contributed by atoms with Crippen molar-refractivity contribution in [2.45, 2.75) is 38.6 Å². The summed E-state index contributed by atoms with van der Waals surface area (Å²) in [6.07, 6.45) is 1.49. The zero-order valence-electron chi connectivity index (χ0n) is 14.6. The maximum atomic E-state index is 12.6. The maximum Gasteiger partial charge on any atom is 0.245 e. The van der Waals surface area contributed by atoms with E-state index in [1.165, 1.54) is 7.11 Å². The molecule has 0 aliphatic carbocycles. The van der Waals surface area contributed by atoms with Gasteiger partial charge in [-0.15, -0.1) is 0 Å². The van der Waals surface area contributed by atoms with Gasteiger partial charge in [-0.2, -0.15) is 0 Å². The van der Waals surface area contributed by atoms with Crippen LogP contribution in [0.15, 0.2) is 18.2 Å². The van der Waals surface area contributed by atoms with E-state index in [1.807, 2.05) is 32.0 Å². The van der Waals surface area contributed by atoms with E-state index in [0.29, 0.717) is 13.0 Å². The first-order chi connectivity index (χ1) is 11.4. The summed E-state index contributed by atoms with van der Waals surface area (Å²) in [5, 5.41) is 0. The molecule has 1 fully saturated rings. The number of benzene rings is 1. The second-order valence-electron chi connectivity index (χ2n) is 6.35. The molecule has 1 atom stereocenters. The van der Waals surface area contributed by atoms with Crippen LogP contribution in [0.3, 0.4) is 0 Å². The molecule has 1 aliphatic heterocycles. The van der Waals surface area contributed by atoms with E-state index in [-0.39, 0.29) is 25.5 Å². The van der Waals surface area contributed by atoms with Crippen LogP contribution in [0.4, 0.5) is 0 Å². The topological polar surface area (TPSA) is 81.9 Å². The molecule has 24 heavy (non-hydrogen) atoms. The Hall–Kier alpha value is -2.08. The molecule has 132 valence electrons. The minimum atomic E-state index is -1.02. The smallest absolute Gasteiger partial charge is 0.245 e. The quantitative estimate of drug-likeness (QED) is 0.820. The van der Waals surface area contributed by atoms with Gasteiger partial charge >= 0.3 is 0 Å². The molecule has 0 spiro atoms. The number of carbonyl (C=O) groups is 2. The van der Waals surface area contributed by atoms with Gasteiger partial charge in [0, 0.05) is 13.7 Å². The molecule has 0 radical (unpaired) electrons. The number of hydrogen-bond donors (Lipinski definition) is 1. The molecule has 2 amide bonds. The van der Waals surface area contributed by atoms with Crippen molar-refractivity contribution in [3.63, 3.8) is 0 Å². The molecule has 2 N–H and O–H groups in total. The van der Waals surface area contributed by atoms with Crippen molar-refractivity contribution >= 4 is 11.8 Å². The molecule has 0 bridgehead atoms. The van der Waals surface area contributed by atoms with Gasteiger partial charge in [0.05, 0.1) is 19.6 Å². The molecular weight excluding hydrogens is 308 g/mol. The summed E-state index contributed by atoms with van der Waals surface area (Å²) in [4.78, 5) is 26.0. The molecule has 1 saturated heterocycles. The largest absolute Gasteiger partial charge is 0.493 e. The molecule has 1 aromatic carbocycles. The number of likely N-dealkylation sites (tertiary alicyclic amines) is 1. The Morgan fingerprint density at radius 3 is 2.75 bits per heavy atom. The summed E-state index contributed by atoms with van der Waals surface area (Å²) in [5.74, 6) is 0.140. The van der Waals surface area contributed by atoms with E-state index in [0.717, 1.165) is 23.3 Å². The summed E-state index contributed by atoms with van der Waals surface area (Å²) in [6, 6.07) is 5.96. The number of primary amides is 1. The normalized spacial score (nSPS) is 20.2. The molecule has 1 aliphatic rings. The second-order valence-corrected chi connectivity index (χ2v) is 6.35. The molecule has 2 rings (SSSR count). The van der Waals surface area contributed by atoms with Gasteiger partial charge in [-0.25, -0.2) is 0 Å². The van der Waals surface area contributed by atoms with Crippen molar-refractivity contribution in [1.29, 1.82) is 0 Å². The first-order valence-electron chi connectivity index (χ1n) is 8.20. The van der Waals surface area contributed by atoms with Crippen molar-refractivity contribution < 1.29 is 19.1 Å². The zero-order valence-corrected chi connectivity index (χ0v) is 14.6. The van der Waals surface area contributed by atoms with Gasteiger partial charge < -0.3 is 20.1 Å². The summed E-state index contributed by atoms with van der Waals surface area (Å²) >= 11 is 0. The van der Waals surface area contributed by atoms with Crippen LogP contribution in [0.2, 0.25) is 0 Å². The van der Waals surface area contributed by atoms with Crippen LogP contribution < -0.4 is 10.5 Å². The average Bonchev–Trinajstić information content (AvgIpc) is 2.96. The van der Waals surface area contributed by atoms with Crippen molar-refractivity contribution in [1.82, 2.24) is 4.90 Å². The number of rotatable bonds is 7. The lowest BCUT2D eigenvalue weighted by atomic mass is 9.96. The van der Waals surface area contributed by atoms with E-state index in [4.69, 9.17) is 15.2 Å². The third kappa shape index (κ3) is 3.70. The third-order valence-electron chi connectivity index (χ3n) is 4.55. The number of carbonyl (C=O) groups excluding carboxylic acids is 2. The molecule has 0 saturated carbocycles. The Kier molecular flexibility index (Phi) is 5.83. The van der Waals surface area contributed by atoms with E-state index >= 15 is 0 Å². The Morgan fingerprint density at radius 1 is 1.33 bits per heavy atom. The van der Waals surface area contributed by atoms with Crippen molar-refractivity contribution in [3.05, 3.63) is 29.3 Å². The van der Waals surface area contributed by atoms with E-state index in [2.05, 4.69) is 0 Å². The van der Waals surface area contributed by atoms with Gasteiger partial charge in [-0.1, -0.05) is 12.1 Å². The predicted molar refractivity (Wildman–Crippen MR) is 90.8 cm³/mol. The fraction of sp³-hybridized carbons (Fsp3) is 0.556. The minimum absolute atomic E-state index is 0.131. The molecule has 6 nitrogen and oxygen atoms in total. The number of nitrogens with zero attached hydrogens (tertiary/aromatic N) is 1. The standard InChI is InChI=1S/C18H26N2O4/c1-13-5-6-14(2)15(11-13)24-10-7-16(21)20-9-4-8-18(20,12-23-3)17(19)22/h5-6,11H,4,7-10,12H2,1-3H3,(H2,19,22).